The highest BCUT2D eigenvalue weighted by Crippen LogP contribution is 2.21. The van der Waals surface area contributed by atoms with Crippen LogP contribution < -0.4 is 5.48 Å². The van der Waals surface area contributed by atoms with Gasteiger partial charge in [-0.2, -0.15) is 5.48 Å². The zero-order chi connectivity index (χ0) is 21.4. The third kappa shape index (κ3) is 6.26. The molecule has 0 bridgehead atoms. The predicted octanol–water partition coefficient (Wildman–Crippen LogP) is -4.17. The van der Waals surface area contributed by atoms with Gasteiger partial charge in [-0.05, 0) is 13.8 Å². The quantitative estimate of drug-likeness (QED) is 0.196. The van der Waals surface area contributed by atoms with Gasteiger partial charge in [0.25, 0.3) is 0 Å². The van der Waals surface area contributed by atoms with Crippen molar-refractivity contribution in [3.8, 4) is 0 Å². The first-order chi connectivity index (χ1) is 13.2. The summed E-state index contributed by atoms with van der Waals surface area (Å²) in [4.78, 5) is 4.97. The van der Waals surface area contributed by atoms with E-state index in [4.69, 9.17) is 29.3 Å². The smallest absolute Gasteiger partial charge is 0.186 e. The summed E-state index contributed by atoms with van der Waals surface area (Å²) in [5.41, 5.74) is 2.63. The van der Waals surface area contributed by atoms with E-state index < -0.39 is 61.7 Å². The lowest BCUT2D eigenvalue weighted by Gasteiger charge is -2.41. The van der Waals surface area contributed by atoms with E-state index in [1.54, 1.807) is 13.8 Å². The molecule has 0 aliphatic carbocycles. The van der Waals surface area contributed by atoms with Crippen LogP contribution in [0.2, 0.25) is 0 Å². The third-order valence-electron chi connectivity index (χ3n) is 4.62. The minimum atomic E-state index is -1.36. The highest BCUT2D eigenvalue weighted by atomic mass is 16.7. The van der Waals surface area contributed by atoms with Crippen LogP contribution in [0, 0.1) is 0 Å². The summed E-state index contributed by atoms with van der Waals surface area (Å²) in [6.07, 6.45) is -9.12. The molecule has 2 rings (SSSR count). The van der Waals surface area contributed by atoms with Crippen LogP contribution >= 0.6 is 0 Å². The number of aliphatic hydroxyl groups excluding tert-OH is 7. The van der Waals surface area contributed by atoms with Gasteiger partial charge in [-0.3, -0.25) is 0 Å². The van der Waals surface area contributed by atoms with Gasteiger partial charge in [0, 0.05) is 7.11 Å². The Kier molecular flexibility index (Phi) is 11.2. The summed E-state index contributed by atoms with van der Waals surface area (Å²) in [6.45, 7) is 3.25. The van der Waals surface area contributed by atoms with Crippen molar-refractivity contribution in [3.05, 3.63) is 0 Å². The summed E-state index contributed by atoms with van der Waals surface area (Å²) in [5.74, 6) is 0. The highest BCUT2D eigenvalue weighted by molar-refractivity contribution is 4.93. The molecule has 0 aromatic carbocycles. The number of hydrogen-bond donors (Lipinski definition) is 8. The van der Waals surface area contributed by atoms with Crippen LogP contribution in [0.1, 0.15) is 13.8 Å². The zero-order valence-electron chi connectivity index (χ0n) is 16.2. The average Bonchev–Trinajstić information content (AvgIpc) is 2.69. The van der Waals surface area contributed by atoms with Crippen LogP contribution in [0.15, 0.2) is 0 Å². The van der Waals surface area contributed by atoms with Crippen molar-refractivity contribution in [1.82, 2.24) is 5.48 Å². The lowest BCUT2D eigenvalue weighted by molar-refractivity contribution is -0.294. The number of ether oxygens (including phenoxy) is 3. The Morgan fingerprint density at radius 2 is 1.36 bits per heavy atom. The van der Waals surface area contributed by atoms with Crippen LogP contribution in [0.4, 0.5) is 0 Å². The molecule has 2 heterocycles. The fourth-order valence-corrected chi connectivity index (χ4v) is 2.91. The van der Waals surface area contributed by atoms with E-state index in [1.165, 1.54) is 7.11 Å². The largest absolute Gasteiger partial charge is 0.394 e. The van der Waals surface area contributed by atoms with E-state index in [9.17, 15) is 25.5 Å². The molecule has 10 atom stereocenters. The van der Waals surface area contributed by atoms with Gasteiger partial charge in [0.2, 0.25) is 0 Å². The molecule has 0 radical (unpaired) electrons. The highest BCUT2D eigenvalue weighted by Gasteiger charge is 2.44. The van der Waals surface area contributed by atoms with Crippen LogP contribution in [-0.4, -0.2) is 124 Å². The number of aliphatic hydroxyl groups is 7. The Morgan fingerprint density at radius 1 is 0.821 bits per heavy atom. The molecule has 12 heteroatoms. The molecule has 2 saturated heterocycles. The molecule has 2 aliphatic heterocycles. The van der Waals surface area contributed by atoms with Gasteiger partial charge in [-0.15, -0.1) is 0 Å². The van der Waals surface area contributed by atoms with Crippen molar-refractivity contribution in [1.29, 1.82) is 0 Å². The topological polar surface area (TPSA) is 191 Å². The maximum atomic E-state index is 9.75. The van der Waals surface area contributed by atoms with E-state index in [2.05, 4.69) is 5.48 Å². The molecule has 4 unspecified atom stereocenters. The van der Waals surface area contributed by atoms with E-state index in [1.807, 2.05) is 0 Å². The van der Waals surface area contributed by atoms with Crippen LogP contribution in [-0.2, 0) is 19.0 Å². The normalized spacial score (nSPS) is 43.9. The number of rotatable bonds is 6. The van der Waals surface area contributed by atoms with Gasteiger partial charge < -0.3 is 54.8 Å². The summed E-state index contributed by atoms with van der Waals surface area (Å²) < 4.78 is 15.0. The number of hydrogen-bond acceptors (Lipinski definition) is 12. The Hall–Kier alpha value is -0.480. The molecule has 2 aliphatic rings. The Bertz CT molecular complexity index is 411. The average molecular weight is 415 g/mol. The Morgan fingerprint density at radius 3 is 1.86 bits per heavy atom. The summed E-state index contributed by atoms with van der Waals surface area (Å²) >= 11 is 0. The van der Waals surface area contributed by atoms with E-state index in [-0.39, 0.29) is 12.7 Å². The molecule has 0 aromatic heterocycles. The molecule has 2 fully saturated rings. The SMILES string of the molecule is CCONC1[C@@H](C)OC(CO)[C@H](O)[C@H]1O.CO[C@H]1OC(CO)[C@@H](O)[C@@H](O)C1O. The fourth-order valence-electron chi connectivity index (χ4n) is 2.91. The maximum Gasteiger partial charge on any atom is 0.186 e. The second-order valence-corrected chi connectivity index (χ2v) is 6.55. The van der Waals surface area contributed by atoms with Crippen molar-refractivity contribution in [2.45, 2.75) is 75.0 Å². The molecule has 28 heavy (non-hydrogen) atoms. The minimum absolute atomic E-state index is 0.316. The molecule has 0 spiro atoms. The first-order valence-corrected chi connectivity index (χ1v) is 9.06. The first kappa shape index (κ1) is 25.6. The molecular weight excluding hydrogens is 382 g/mol. The zero-order valence-corrected chi connectivity index (χ0v) is 16.2. The molecule has 0 amide bonds. The minimum Gasteiger partial charge on any atom is -0.394 e. The van der Waals surface area contributed by atoms with Gasteiger partial charge in [0.15, 0.2) is 6.29 Å². The van der Waals surface area contributed by atoms with Crippen LogP contribution in [0.3, 0.4) is 0 Å². The lowest BCUT2D eigenvalue weighted by atomic mass is 9.94. The van der Waals surface area contributed by atoms with Gasteiger partial charge in [0.1, 0.15) is 42.7 Å². The molecular formula is C16H33NO11. The van der Waals surface area contributed by atoms with Gasteiger partial charge in [-0.1, -0.05) is 0 Å². The van der Waals surface area contributed by atoms with Gasteiger partial charge in [-0.25, -0.2) is 0 Å². The summed E-state index contributed by atoms with van der Waals surface area (Å²) in [5, 5.41) is 64.8. The molecule has 12 nitrogen and oxygen atoms in total. The second kappa shape index (κ2) is 12.3. The van der Waals surface area contributed by atoms with E-state index in [0.717, 1.165) is 0 Å². The lowest BCUT2D eigenvalue weighted by Crippen LogP contribution is -2.62. The molecule has 8 N–H and O–H groups in total. The molecule has 0 saturated carbocycles. The van der Waals surface area contributed by atoms with Gasteiger partial charge >= 0.3 is 0 Å². The predicted molar refractivity (Wildman–Crippen MR) is 92.8 cm³/mol. The van der Waals surface area contributed by atoms with Crippen molar-refractivity contribution in [3.63, 3.8) is 0 Å². The molecule has 168 valence electrons. The van der Waals surface area contributed by atoms with E-state index >= 15 is 0 Å². The van der Waals surface area contributed by atoms with Crippen molar-refractivity contribution in [2.75, 3.05) is 26.9 Å². The number of nitrogens with one attached hydrogen (secondary N) is 1. The van der Waals surface area contributed by atoms with Gasteiger partial charge in [0.05, 0.1) is 32.0 Å². The standard InChI is InChI=1S/C9H19NO5.C7H14O6/c1-3-14-10-7-5(2)15-6(4-11)8(12)9(7)13;1-12-7-6(11)5(10)4(9)3(2-8)13-7/h5-13H,3-4H2,1-2H3;3-11H,2H2,1H3/t5-,6?,7?,8+,9+;3?,4-,5-,6?,7+/m11/s1. The fraction of sp³-hybridized carbons (Fsp3) is 1.00. The number of hydroxylamine groups is 1. The summed E-state index contributed by atoms with van der Waals surface area (Å²) in [7, 11) is 1.30. The Balaban J connectivity index is 0.000000283. The monoisotopic (exact) mass is 415 g/mol. The van der Waals surface area contributed by atoms with Crippen LogP contribution in [0.25, 0.3) is 0 Å². The Labute approximate surface area is 163 Å². The van der Waals surface area contributed by atoms with E-state index in [0.29, 0.717) is 6.61 Å². The van der Waals surface area contributed by atoms with Crippen LogP contribution in [0.5, 0.6) is 0 Å². The second-order valence-electron chi connectivity index (χ2n) is 6.55. The number of methoxy groups -OCH3 is 1. The maximum absolute atomic E-state index is 9.75. The summed E-state index contributed by atoms with van der Waals surface area (Å²) in [6, 6.07) is -0.497. The molecule has 0 aromatic rings. The van der Waals surface area contributed by atoms with Crippen molar-refractivity contribution >= 4 is 0 Å². The first-order valence-electron chi connectivity index (χ1n) is 9.06. The third-order valence-corrected chi connectivity index (χ3v) is 4.62. The van der Waals surface area contributed by atoms with Crippen molar-refractivity contribution in [2.24, 2.45) is 0 Å². The van der Waals surface area contributed by atoms with Crippen molar-refractivity contribution < 1.29 is 54.8 Å².